The quantitative estimate of drug-likeness (QED) is 0.770. The van der Waals surface area contributed by atoms with Gasteiger partial charge in [-0.1, -0.05) is 25.1 Å². The van der Waals surface area contributed by atoms with E-state index in [1.807, 2.05) is 18.2 Å². The molecule has 82 valence electrons. The van der Waals surface area contributed by atoms with E-state index in [1.165, 1.54) is 0 Å². The zero-order valence-electron chi connectivity index (χ0n) is 8.43. The predicted molar refractivity (Wildman–Crippen MR) is 60.3 cm³/mol. The zero-order chi connectivity index (χ0) is 11.3. The molecule has 0 saturated heterocycles. The van der Waals surface area contributed by atoms with Gasteiger partial charge in [0.25, 0.3) is 0 Å². The van der Waals surface area contributed by atoms with Crippen LogP contribution in [0.25, 0.3) is 0 Å². The van der Waals surface area contributed by atoms with E-state index in [4.69, 9.17) is 4.89 Å². The molecule has 2 atom stereocenters. The molecule has 0 heterocycles. The van der Waals surface area contributed by atoms with Gasteiger partial charge in [0.2, 0.25) is 5.91 Å². The van der Waals surface area contributed by atoms with E-state index in [0.29, 0.717) is 5.69 Å². The minimum absolute atomic E-state index is 0.0311. The third-order valence-corrected chi connectivity index (χ3v) is 2.93. The molecule has 0 saturated carbocycles. The van der Waals surface area contributed by atoms with Crippen LogP contribution in [-0.2, 0) is 9.36 Å². The van der Waals surface area contributed by atoms with Crippen molar-refractivity contribution < 1.29 is 14.3 Å². The zero-order valence-corrected chi connectivity index (χ0v) is 9.43. The summed E-state index contributed by atoms with van der Waals surface area (Å²) in [5.74, 6) is -0.671. The molecule has 0 aliphatic rings. The first kappa shape index (κ1) is 12.0. The van der Waals surface area contributed by atoms with Gasteiger partial charge >= 0.3 is 0 Å². The predicted octanol–water partition coefficient (Wildman–Crippen LogP) is 1.73. The second kappa shape index (κ2) is 5.69. The highest BCUT2D eigenvalue weighted by Crippen LogP contribution is 2.19. The number of nitrogens with one attached hydrogen (secondary N) is 1. The number of para-hydroxylation sites is 1. The average Bonchev–Trinajstić information content (AvgIpc) is 2.18. The van der Waals surface area contributed by atoms with Crippen molar-refractivity contribution in [2.75, 3.05) is 11.5 Å². The fraction of sp³-hybridized carbons (Fsp3) is 0.300. The Balaban J connectivity index is 2.52. The van der Waals surface area contributed by atoms with Gasteiger partial charge in [-0.05, 0) is 12.1 Å². The van der Waals surface area contributed by atoms with Crippen LogP contribution in [0.15, 0.2) is 30.3 Å². The van der Waals surface area contributed by atoms with E-state index in [1.54, 1.807) is 19.1 Å². The van der Waals surface area contributed by atoms with Gasteiger partial charge in [-0.3, -0.25) is 9.36 Å². The molecule has 0 fully saturated rings. The molecule has 0 aliphatic carbocycles. The normalized spacial score (nSPS) is 14.3. The summed E-state index contributed by atoms with van der Waals surface area (Å²) >= 11 is 0. The summed E-state index contributed by atoms with van der Waals surface area (Å²) in [7, 11) is -2.58. The second-order valence-electron chi connectivity index (χ2n) is 3.35. The van der Waals surface area contributed by atoms with Crippen molar-refractivity contribution in [3.8, 4) is 0 Å². The number of anilines is 1. The first-order valence-electron chi connectivity index (χ1n) is 4.67. The lowest BCUT2D eigenvalue weighted by atomic mass is 10.2. The smallest absolute Gasteiger partial charge is 0.227 e. The van der Waals surface area contributed by atoms with Crippen molar-refractivity contribution in [2.24, 2.45) is 5.92 Å². The molecule has 2 N–H and O–H groups in total. The summed E-state index contributed by atoms with van der Waals surface area (Å²) in [5, 5.41) is 2.67. The van der Waals surface area contributed by atoms with Crippen molar-refractivity contribution in [1.29, 1.82) is 0 Å². The fourth-order valence-corrected chi connectivity index (χ4v) is 1.85. The highest BCUT2D eigenvalue weighted by molar-refractivity contribution is 7.38. The summed E-state index contributed by atoms with van der Waals surface area (Å²) in [5.41, 5.74) is 0.701. The van der Waals surface area contributed by atoms with Crippen molar-refractivity contribution in [2.45, 2.75) is 6.92 Å². The minimum Gasteiger partial charge on any atom is -0.346 e. The highest BCUT2D eigenvalue weighted by Gasteiger charge is 2.14. The summed E-state index contributed by atoms with van der Waals surface area (Å²) in [6.45, 7) is 1.64. The standard InChI is InChI=1S/C10H14NO3P/c1-8(7-15(13)14)10(12)11-9-5-3-2-4-6-9/h2-6,8,15H,7H2,1H3,(H,11,12)(H,13,14). The first-order valence-corrected chi connectivity index (χ1v) is 6.23. The van der Waals surface area contributed by atoms with Gasteiger partial charge in [-0.15, -0.1) is 0 Å². The average molecular weight is 227 g/mol. The molecular formula is C10H14NO3P. The lowest BCUT2D eigenvalue weighted by molar-refractivity contribution is -0.118. The molecule has 0 spiro atoms. The maximum atomic E-state index is 11.5. The van der Waals surface area contributed by atoms with E-state index < -0.39 is 13.9 Å². The Kier molecular flexibility index (Phi) is 4.53. The molecule has 5 heteroatoms. The lowest BCUT2D eigenvalue weighted by Crippen LogP contribution is -2.21. The topological polar surface area (TPSA) is 66.4 Å². The molecule has 1 amide bonds. The fourth-order valence-electron chi connectivity index (χ4n) is 1.14. The van der Waals surface area contributed by atoms with Gasteiger partial charge in [0.15, 0.2) is 8.03 Å². The van der Waals surface area contributed by atoms with Crippen LogP contribution < -0.4 is 5.32 Å². The van der Waals surface area contributed by atoms with Gasteiger partial charge in [0.05, 0.1) is 0 Å². The molecule has 0 bridgehead atoms. The van der Waals surface area contributed by atoms with Crippen molar-refractivity contribution in [3.05, 3.63) is 30.3 Å². The third kappa shape index (κ3) is 4.28. The Morgan fingerprint density at radius 2 is 2.07 bits per heavy atom. The second-order valence-corrected chi connectivity index (χ2v) is 4.55. The molecule has 2 unspecified atom stereocenters. The SMILES string of the molecule is CC(C[PH](=O)O)C(=O)Nc1ccccc1. The van der Waals surface area contributed by atoms with Crippen LogP contribution in [-0.4, -0.2) is 17.0 Å². The Bertz CT molecular complexity index is 353. The van der Waals surface area contributed by atoms with Crippen LogP contribution in [0.2, 0.25) is 0 Å². The molecule has 1 aromatic carbocycles. The number of amides is 1. The maximum Gasteiger partial charge on any atom is 0.227 e. The molecule has 1 aromatic rings. The van der Waals surface area contributed by atoms with Crippen LogP contribution in [0.1, 0.15) is 6.92 Å². The minimum atomic E-state index is -2.58. The lowest BCUT2D eigenvalue weighted by Gasteiger charge is -2.10. The Hall–Kier alpha value is -1.12. The molecule has 0 aliphatic heterocycles. The summed E-state index contributed by atoms with van der Waals surface area (Å²) in [6, 6.07) is 9.02. The van der Waals surface area contributed by atoms with Crippen LogP contribution in [0.5, 0.6) is 0 Å². The van der Waals surface area contributed by atoms with E-state index in [-0.39, 0.29) is 12.1 Å². The van der Waals surface area contributed by atoms with Crippen molar-refractivity contribution in [3.63, 3.8) is 0 Å². The van der Waals surface area contributed by atoms with Gasteiger partial charge in [0, 0.05) is 17.8 Å². The van der Waals surface area contributed by atoms with Gasteiger partial charge in [-0.2, -0.15) is 0 Å². The molecule has 4 nitrogen and oxygen atoms in total. The Labute approximate surface area is 89.2 Å². The number of carbonyl (C=O) groups is 1. The van der Waals surface area contributed by atoms with Gasteiger partial charge in [0.1, 0.15) is 0 Å². The van der Waals surface area contributed by atoms with Gasteiger partial charge in [-0.25, -0.2) is 0 Å². The van der Waals surface area contributed by atoms with E-state index in [2.05, 4.69) is 5.32 Å². The number of benzene rings is 1. The summed E-state index contributed by atoms with van der Waals surface area (Å²) in [4.78, 5) is 20.2. The third-order valence-electron chi connectivity index (χ3n) is 1.97. The van der Waals surface area contributed by atoms with Gasteiger partial charge < -0.3 is 10.2 Å². The molecule has 0 aromatic heterocycles. The summed E-state index contributed by atoms with van der Waals surface area (Å²) < 4.78 is 10.6. The van der Waals surface area contributed by atoms with Crippen LogP contribution >= 0.6 is 8.03 Å². The number of rotatable bonds is 4. The highest BCUT2D eigenvalue weighted by atomic mass is 31.1. The van der Waals surface area contributed by atoms with Crippen LogP contribution in [0, 0.1) is 5.92 Å². The van der Waals surface area contributed by atoms with Crippen LogP contribution in [0.3, 0.4) is 0 Å². The van der Waals surface area contributed by atoms with E-state index >= 15 is 0 Å². The molecular weight excluding hydrogens is 213 g/mol. The largest absolute Gasteiger partial charge is 0.346 e. The number of hydrogen-bond donors (Lipinski definition) is 2. The van der Waals surface area contributed by atoms with E-state index in [9.17, 15) is 9.36 Å². The molecule has 1 rings (SSSR count). The van der Waals surface area contributed by atoms with Crippen molar-refractivity contribution >= 4 is 19.6 Å². The maximum absolute atomic E-state index is 11.5. The monoisotopic (exact) mass is 227 g/mol. The van der Waals surface area contributed by atoms with Crippen molar-refractivity contribution in [1.82, 2.24) is 0 Å². The first-order chi connectivity index (χ1) is 7.09. The van der Waals surface area contributed by atoms with E-state index in [0.717, 1.165) is 0 Å². The molecule has 15 heavy (non-hydrogen) atoms. The Morgan fingerprint density at radius 3 is 2.60 bits per heavy atom. The molecule has 0 radical (unpaired) electrons. The number of carbonyl (C=O) groups excluding carboxylic acids is 1. The summed E-state index contributed by atoms with van der Waals surface area (Å²) in [6.07, 6.45) is 0.0311. The number of hydrogen-bond acceptors (Lipinski definition) is 2. The Morgan fingerprint density at radius 1 is 1.47 bits per heavy atom. The van der Waals surface area contributed by atoms with Crippen LogP contribution in [0.4, 0.5) is 5.69 Å².